The molecule has 2 nitrogen and oxygen atoms in total. The van der Waals surface area contributed by atoms with Crippen molar-refractivity contribution in [3.05, 3.63) is 34.9 Å². The third-order valence-corrected chi connectivity index (χ3v) is 3.43. The van der Waals surface area contributed by atoms with E-state index in [1.54, 1.807) is 0 Å². The van der Waals surface area contributed by atoms with Crippen molar-refractivity contribution in [2.75, 3.05) is 0 Å². The molecule has 0 saturated carbocycles. The Kier molecular flexibility index (Phi) is 10.2. The van der Waals surface area contributed by atoms with E-state index in [0.717, 1.165) is 25.7 Å². The van der Waals surface area contributed by atoms with Gasteiger partial charge < -0.3 is 5.11 Å². The smallest absolute Gasteiger partial charge is 0.321 e. The van der Waals surface area contributed by atoms with E-state index < -0.39 is 11.3 Å². The molecule has 0 fully saturated rings. The Morgan fingerprint density at radius 1 is 1.00 bits per heavy atom. The summed E-state index contributed by atoms with van der Waals surface area (Å²) in [6.07, 6.45) is 11.0. The summed E-state index contributed by atoms with van der Waals surface area (Å²) in [5, 5.41) is 7.88. The van der Waals surface area contributed by atoms with Crippen LogP contribution in [0.3, 0.4) is 0 Å². The first-order valence-corrected chi connectivity index (χ1v) is 7.58. The number of carboxylic acid groups (broad SMARTS) is 1. The molecule has 0 aliphatic carbocycles. The van der Waals surface area contributed by atoms with Crippen molar-refractivity contribution < 1.29 is 9.90 Å². The molecule has 0 radical (unpaired) electrons. The first kappa shape index (κ1) is 19.0. The van der Waals surface area contributed by atoms with Gasteiger partial charge in [0.25, 0.3) is 0 Å². The van der Waals surface area contributed by atoms with Crippen molar-refractivity contribution in [2.24, 2.45) is 0 Å². The summed E-state index contributed by atoms with van der Waals surface area (Å²) in [5.41, 5.74) is 3.98. The lowest BCUT2D eigenvalue weighted by Gasteiger charge is -2.03. The Hall–Kier alpha value is -1.02. The van der Waals surface area contributed by atoms with Crippen molar-refractivity contribution in [1.29, 1.82) is 0 Å². The monoisotopic (exact) mass is 298 g/mol. The number of carbonyl (C=O) groups is 1. The predicted molar refractivity (Wildman–Crippen MR) is 87.3 cm³/mol. The van der Waals surface area contributed by atoms with Gasteiger partial charge >= 0.3 is 5.97 Å². The van der Waals surface area contributed by atoms with Gasteiger partial charge in [-0.15, -0.1) is 11.6 Å². The van der Waals surface area contributed by atoms with Crippen LogP contribution in [0.15, 0.2) is 34.9 Å². The Labute approximate surface area is 128 Å². The second kappa shape index (κ2) is 10.7. The summed E-state index contributed by atoms with van der Waals surface area (Å²) in [5.74, 6) is -0.953. The lowest BCUT2D eigenvalue weighted by Crippen LogP contribution is -2.11. The molecule has 0 aromatic heterocycles. The maximum Gasteiger partial charge on any atom is 0.321 e. The van der Waals surface area contributed by atoms with Crippen molar-refractivity contribution in [2.45, 2.75) is 65.2 Å². The molecule has 0 bridgehead atoms. The Morgan fingerprint density at radius 3 is 2.00 bits per heavy atom. The SMILES string of the molecule is CC(C)=CCCC(C)=CCCC(C)=CCC(Cl)C(=O)O. The molecule has 1 atom stereocenters. The lowest BCUT2D eigenvalue weighted by molar-refractivity contribution is -0.136. The van der Waals surface area contributed by atoms with Crippen molar-refractivity contribution in [3.63, 3.8) is 0 Å². The third kappa shape index (κ3) is 10.9. The van der Waals surface area contributed by atoms with Gasteiger partial charge in [0.05, 0.1) is 0 Å². The highest BCUT2D eigenvalue weighted by Gasteiger charge is 2.10. The second-order valence-corrected chi connectivity index (χ2v) is 6.03. The van der Waals surface area contributed by atoms with Crippen LogP contribution in [0, 0.1) is 0 Å². The van der Waals surface area contributed by atoms with Crippen LogP contribution in [0.2, 0.25) is 0 Å². The molecule has 1 N–H and O–H groups in total. The van der Waals surface area contributed by atoms with E-state index in [9.17, 15) is 4.79 Å². The van der Waals surface area contributed by atoms with Crippen LogP contribution in [0.5, 0.6) is 0 Å². The highest BCUT2D eigenvalue weighted by Crippen LogP contribution is 2.13. The van der Waals surface area contributed by atoms with Gasteiger partial charge in [0.1, 0.15) is 5.38 Å². The third-order valence-electron chi connectivity index (χ3n) is 3.06. The first-order chi connectivity index (χ1) is 9.32. The summed E-state index contributed by atoms with van der Waals surface area (Å²) >= 11 is 5.67. The number of allylic oxidation sites excluding steroid dienone is 6. The Morgan fingerprint density at radius 2 is 1.50 bits per heavy atom. The van der Waals surface area contributed by atoms with Gasteiger partial charge in [-0.3, -0.25) is 4.79 Å². The number of alkyl halides is 1. The highest BCUT2D eigenvalue weighted by molar-refractivity contribution is 6.29. The van der Waals surface area contributed by atoms with Gasteiger partial charge in [0.15, 0.2) is 0 Å². The van der Waals surface area contributed by atoms with E-state index >= 15 is 0 Å². The topological polar surface area (TPSA) is 37.3 Å². The largest absolute Gasteiger partial charge is 0.480 e. The van der Waals surface area contributed by atoms with Gasteiger partial charge in [-0.2, -0.15) is 0 Å². The molecule has 114 valence electrons. The van der Waals surface area contributed by atoms with E-state index in [4.69, 9.17) is 16.7 Å². The molecule has 0 rings (SSSR count). The summed E-state index contributed by atoms with van der Waals surface area (Å²) in [6, 6.07) is 0. The van der Waals surface area contributed by atoms with Crippen LogP contribution in [-0.4, -0.2) is 16.5 Å². The zero-order valence-electron chi connectivity index (χ0n) is 13.1. The maximum atomic E-state index is 10.6. The van der Waals surface area contributed by atoms with Crippen LogP contribution in [0.25, 0.3) is 0 Å². The zero-order valence-corrected chi connectivity index (χ0v) is 13.8. The van der Waals surface area contributed by atoms with Crippen molar-refractivity contribution in [1.82, 2.24) is 0 Å². The molecule has 0 saturated heterocycles. The molecule has 0 aliphatic rings. The van der Waals surface area contributed by atoms with Gasteiger partial charge in [-0.1, -0.05) is 34.9 Å². The van der Waals surface area contributed by atoms with Crippen LogP contribution in [0.4, 0.5) is 0 Å². The summed E-state index contributed by atoms with van der Waals surface area (Å²) in [6.45, 7) is 8.43. The lowest BCUT2D eigenvalue weighted by atomic mass is 10.1. The average molecular weight is 299 g/mol. The van der Waals surface area contributed by atoms with Crippen molar-refractivity contribution in [3.8, 4) is 0 Å². The molecule has 1 unspecified atom stereocenters. The Balaban J connectivity index is 3.99. The molecule has 0 spiro atoms. The van der Waals surface area contributed by atoms with Crippen LogP contribution < -0.4 is 0 Å². The summed E-state index contributed by atoms with van der Waals surface area (Å²) in [4.78, 5) is 10.6. The normalized spacial score (nSPS) is 14.1. The first-order valence-electron chi connectivity index (χ1n) is 7.14. The van der Waals surface area contributed by atoms with Crippen molar-refractivity contribution >= 4 is 17.6 Å². The van der Waals surface area contributed by atoms with Crippen LogP contribution in [0.1, 0.15) is 59.8 Å². The number of rotatable bonds is 9. The molecule has 20 heavy (non-hydrogen) atoms. The van der Waals surface area contributed by atoms with Gasteiger partial charge in [0.2, 0.25) is 0 Å². The molecule has 3 heteroatoms. The van der Waals surface area contributed by atoms with Crippen LogP contribution >= 0.6 is 11.6 Å². The van der Waals surface area contributed by atoms with E-state index in [0.29, 0.717) is 6.42 Å². The zero-order chi connectivity index (χ0) is 15.5. The molecule has 0 aromatic carbocycles. The maximum absolute atomic E-state index is 10.6. The number of aliphatic carboxylic acids is 1. The second-order valence-electron chi connectivity index (χ2n) is 5.50. The van der Waals surface area contributed by atoms with Gasteiger partial charge in [-0.05, 0) is 59.8 Å². The molecular weight excluding hydrogens is 272 g/mol. The van der Waals surface area contributed by atoms with E-state index in [1.165, 1.54) is 16.7 Å². The Bertz CT molecular complexity index is 388. The molecule has 0 aliphatic heterocycles. The minimum Gasteiger partial charge on any atom is -0.480 e. The van der Waals surface area contributed by atoms with E-state index in [-0.39, 0.29) is 0 Å². The fraction of sp³-hybridized carbons (Fsp3) is 0.588. The molecule has 0 heterocycles. The molecule has 0 amide bonds. The highest BCUT2D eigenvalue weighted by atomic mass is 35.5. The quantitative estimate of drug-likeness (QED) is 0.451. The predicted octanol–water partition coefficient (Wildman–Crippen LogP) is 5.49. The number of hydrogen-bond donors (Lipinski definition) is 1. The summed E-state index contributed by atoms with van der Waals surface area (Å²) in [7, 11) is 0. The average Bonchev–Trinajstić information content (AvgIpc) is 2.35. The van der Waals surface area contributed by atoms with Gasteiger partial charge in [-0.25, -0.2) is 0 Å². The molecular formula is C17H27ClO2. The number of halogens is 1. The molecule has 0 aromatic rings. The van der Waals surface area contributed by atoms with Gasteiger partial charge in [0, 0.05) is 0 Å². The fourth-order valence-corrected chi connectivity index (χ4v) is 1.83. The van der Waals surface area contributed by atoms with E-state index in [2.05, 4.69) is 32.9 Å². The number of hydrogen-bond acceptors (Lipinski definition) is 1. The summed E-state index contributed by atoms with van der Waals surface area (Å²) < 4.78 is 0. The minimum atomic E-state index is -0.953. The minimum absolute atomic E-state index is 0.395. The standard InChI is InChI=1S/C17H27ClO2/c1-13(2)7-5-8-14(3)9-6-10-15(4)11-12-16(18)17(19)20/h7,9,11,16H,5-6,8,10,12H2,1-4H3,(H,19,20). The van der Waals surface area contributed by atoms with E-state index in [1.807, 2.05) is 13.0 Å². The van der Waals surface area contributed by atoms with Crippen LogP contribution in [-0.2, 0) is 4.79 Å². The fourth-order valence-electron chi connectivity index (χ4n) is 1.74. The number of carboxylic acids is 1.